The van der Waals surface area contributed by atoms with Crippen LogP contribution in [0, 0.1) is 0 Å². The standard InChI is InChI=1S/C15H16N2O/c1-18-12-2-3-15-14(10-12)13(6-9-17-15)11-4-7-16-8-5-11/h2-5,7-8,10,13,17H,6,9H2,1H3. The van der Waals surface area contributed by atoms with Gasteiger partial charge in [-0.05, 0) is 47.9 Å². The van der Waals surface area contributed by atoms with E-state index in [1.54, 1.807) is 7.11 Å². The van der Waals surface area contributed by atoms with Crippen LogP contribution in [0.4, 0.5) is 5.69 Å². The lowest BCUT2D eigenvalue weighted by Crippen LogP contribution is -2.17. The van der Waals surface area contributed by atoms with Crippen molar-refractivity contribution >= 4 is 5.69 Å². The fraction of sp³-hybridized carbons (Fsp3) is 0.267. The Bertz CT molecular complexity index is 539. The van der Waals surface area contributed by atoms with Gasteiger partial charge in [-0.15, -0.1) is 0 Å². The zero-order chi connectivity index (χ0) is 12.4. The average molecular weight is 240 g/mol. The van der Waals surface area contributed by atoms with Crippen molar-refractivity contribution in [3.8, 4) is 5.75 Å². The smallest absolute Gasteiger partial charge is 0.119 e. The highest BCUT2D eigenvalue weighted by Gasteiger charge is 2.21. The van der Waals surface area contributed by atoms with Gasteiger partial charge < -0.3 is 10.1 Å². The molecule has 3 heteroatoms. The molecule has 0 amide bonds. The van der Waals surface area contributed by atoms with E-state index in [0.29, 0.717) is 5.92 Å². The summed E-state index contributed by atoms with van der Waals surface area (Å²) in [6.45, 7) is 1.01. The third kappa shape index (κ3) is 1.92. The molecule has 2 heterocycles. The lowest BCUT2D eigenvalue weighted by Gasteiger charge is -2.27. The number of hydrogen-bond acceptors (Lipinski definition) is 3. The molecule has 1 aromatic carbocycles. The number of fused-ring (bicyclic) bond motifs is 1. The summed E-state index contributed by atoms with van der Waals surface area (Å²) in [5.41, 5.74) is 3.84. The van der Waals surface area contributed by atoms with Gasteiger partial charge in [0.25, 0.3) is 0 Å². The number of aromatic nitrogens is 1. The second kappa shape index (κ2) is 4.69. The molecule has 1 aromatic heterocycles. The zero-order valence-electron chi connectivity index (χ0n) is 10.4. The first kappa shape index (κ1) is 11.1. The summed E-state index contributed by atoms with van der Waals surface area (Å²) >= 11 is 0. The third-order valence-corrected chi connectivity index (χ3v) is 3.49. The van der Waals surface area contributed by atoms with Crippen molar-refractivity contribution in [2.75, 3.05) is 19.0 Å². The van der Waals surface area contributed by atoms with Crippen LogP contribution in [0.15, 0.2) is 42.7 Å². The van der Waals surface area contributed by atoms with E-state index in [-0.39, 0.29) is 0 Å². The SMILES string of the molecule is COc1ccc2c(c1)C(c1ccncc1)CCN2. The van der Waals surface area contributed by atoms with E-state index >= 15 is 0 Å². The van der Waals surface area contributed by atoms with E-state index in [9.17, 15) is 0 Å². The molecule has 3 nitrogen and oxygen atoms in total. The van der Waals surface area contributed by atoms with Crippen LogP contribution in [0.2, 0.25) is 0 Å². The average Bonchev–Trinajstić information content (AvgIpc) is 2.47. The lowest BCUT2D eigenvalue weighted by atomic mass is 9.85. The summed E-state index contributed by atoms with van der Waals surface area (Å²) in [4.78, 5) is 4.09. The summed E-state index contributed by atoms with van der Waals surface area (Å²) in [5, 5.41) is 3.44. The van der Waals surface area contributed by atoms with Crippen LogP contribution in [-0.2, 0) is 0 Å². The molecule has 1 aliphatic rings. The monoisotopic (exact) mass is 240 g/mol. The van der Waals surface area contributed by atoms with Crippen LogP contribution in [0.3, 0.4) is 0 Å². The Labute approximate surface area is 107 Å². The number of nitrogens with one attached hydrogen (secondary N) is 1. The summed E-state index contributed by atoms with van der Waals surface area (Å²) in [6, 6.07) is 10.4. The first-order valence-corrected chi connectivity index (χ1v) is 6.20. The van der Waals surface area contributed by atoms with Gasteiger partial charge in [0.1, 0.15) is 5.75 Å². The molecule has 0 radical (unpaired) electrons. The maximum atomic E-state index is 5.32. The zero-order valence-corrected chi connectivity index (χ0v) is 10.4. The van der Waals surface area contributed by atoms with Gasteiger partial charge in [-0.3, -0.25) is 4.98 Å². The Hall–Kier alpha value is -2.03. The minimum Gasteiger partial charge on any atom is -0.497 e. The summed E-state index contributed by atoms with van der Waals surface area (Å²) in [7, 11) is 1.71. The van der Waals surface area contributed by atoms with Gasteiger partial charge in [-0.1, -0.05) is 0 Å². The number of methoxy groups -OCH3 is 1. The predicted molar refractivity (Wildman–Crippen MR) is 72.2 cm³/mol. The Morgan fingerprint density at radius 2 is 2.06 bits per heavy atom. The Balaban J connectivity index is 2.05. The molecule has 1 unspecified atom stereocenters. The maximum Gasteiger partial charge on any atom is 0.119 e. The van der Waals surface area contributed by atoms with E-state index in [2.05, 4.69) is 34.6 Å². The molecule has 1 atom stereocenters. The van der Waals surface area contributed by atoms with Crippen molar-refractivity contribution in [2.24, 2.45) is 0 Å². The van der Waals surface area contributed by atoms with Gasteiger partial charge in [-0.2, -0.15) is 0 Å². The van der Waals surface area contributed by atoms with Crippen LogP contribution in [0.25, 0.3) is 0 Å². The first-order chi connectivity index (χ1) is 8.88. The van der Waals surface area contributed by atoms with Gasteiger partial charge in [0.05, 0.1) is 7.11 Å². The number of hydrogen-bond donors (Lipinski definition) is 1. The van der Waals surface area contributed by atoms with Crippen molar-refractivity contribution in [1.29, 1.82) is 0 Å². The second-order valence-corrected chi connectivity index (χ2v) is 4.50. The van der Waals surface area contributed by atoms with Gasteiger partial charge in [0, 0.05) is 30.5 Å². The van der Waals surface area contributed by atoms with Crippen molar-refractivity contribution in [1.82, 2.24) is 4.98 Å². The van der Waals surface area contributed by atoms with Crippen molar-refractivity contribution in [3.05, 3.63) is 53.9 Å². The Morgan fingerprint density at radius 1 is 1.22 bits per heavy atom. The van der Waals surface area contributed by atoms with Gasteiger partial charge in [0.15, 0.2) is 0 Å². The molecule has 1 aliphatic heterocycles. The number of rotatable bonds is 2. The summed E-state index contributed by atoms with van der Waals surface area (Å²) in [6.07, 6.45) is 4.82. The largest absolute Gasteiger partial charge is 0.497 e. The second-order valence-electron chi connectivity index (χ2n) is 4.50. The highest BCUT2D eigenvalue weighted by atomic mass is 16.5. The molecular formula is C15H16N2O. The lowest BCUT2D eigenvalue weighted by molar-refractivity contribution is 0.414. The number of pyridine rings is 1. The predicted octanol–water partition coefficient (Wildman–Crippen LogP) is 3.04. The molecule has 0 spiro atoms. The molecule has 3 rings (SSSR count). The topological polar surface area (TPSA) is 34.1 Å². The fourth-order valence-electron chi connectivity index (χ4n) is 2.57. The molecule has 92 valence electrons. The minimum absolute atomic E-state index is 0.430. The number of nitrogens with zero attached hydrogens (tertiary/aromatic N) is 1. The number of benzene rings is 1. The van der Waals surface area contributed by atoms with Crippen LogP contribution in [-0.4, -0.2) is 18.6 Å². The minimum atomic E-state index is 0.430. The van der Waals surface area contributed by atoms with E-state index in [1.807, 2.05) is 18.5 Å². The van der Waals surface area contributed by atoms with Crippen LogP contribution >= 0.6 is 0 Å². The fourth-order valence-corrected chi connectivity index (χ4v) is 2.57. The first-order valence-electron chi connectivity index (χ1n) is 6.20. The highest BCUT2D eigenvalue weighted by Crippen LogP contribution is 2.38. The molecule has 1 N–H and O–H groups in total. The number of anilines is 1. The van der Waals surface area contributed by atoms with Crippen LogP contribution in [0.1, 0.15) is 23.5 Å². The molecule has 0 aliphatic carbocycles. The Morgan fingerprint density at radius 3 is 2.83 bits per heavy atom. The summed E-state index contributed by atoms with van der Waals surface area (Å²) < 4.78 is 5.32. The molecular weight excluding hydrogens is 224 g/mol. The quantitative estimate of drug-likeness (QED) is 0.876. The molecule has 0 bridgehead atoms. The normalized spacial score (nSPS) is 17.7. The van der Waals surface area contributed by atoms with Gasteiger partial charge >= 0.3 is 0 Å². The van der Waals surface area contributed by atoms with Crippen molar-refractivity contribution in [2.45, 2.75) is 12.3 Å². The van der Waals surface area contributed by atoms with E-state index in [0.717, 1.165) is 18.7 Å². The van der Waals surface area contributed by atoms with Gasteiger partial charge in [0.2, 0.25) is 0 Å². The summed E-state index contributed by atoms with van der Waals surface area (Å²) in [5.74, 6) is 1.34. The van der Waals surface area contributed by atoms with Gasteiger partial charge in [-0.25, -0.2) is 0 Å². The molecule has 0 saturated carbocycles. The van der Waals surface area contributed by atoms with Crippen molar-refractivity contribution in [3.63, 3.8) is 0 Å². The molecule has 0 saturated heterocycles. The van der Waals surface area contributed by atoms with Crippen molar-refractivity contribution < 1.29 is 4.74 Å². The molecule has 0 fully saturated rings. The van der Waals surface area contributed by atoms with Crippen LogP contribution < -0.4 is 10.1 Å². The highest BCUT2D eigenvalue weighted by molar-refractivity contribution is 5.59. The third-order valence-electron chi connectivity index (χ3n) is 3.49. The van der Waals surface area contributed by atoms with E-state index < -0.39 is 0 Å². The van der Waals surface area contributed by atoms with E-state index in [1.165, 1.54) is 16.8 Å². The molecule has 18 heavy (non-hydrogen) atoms. The molecule has 2 aromatic rings. The Kier molecular flexibility index (Phi) is 2.89. The van der Waals surface area contributed by atoms with E-state index in [4.69, 9.17) is 4.74 Å². The maximum absolute atomic E-state index is 5.32. The number of ether oxygens (including phenoxy) is 1. The van der Waals surface area contributed by atoms with Crippen LogP contribution in [0.5, 0.6) is 5.75 Å².